The minimum Gasteiger partial charge on any atom is -0.465 e. The second-order valence-corrected chi connectivity index (χ2v) is 10.5. The number of ether oxygens (including phenoxy) is 10. The number of carbonyl (C=O) groups is 5. The van der Waals surface area contributed by atoms with E-state index in [0.29, 0.717) is 5.88 Å². The van der Waals surface area contributed by atoms with E-state index in [1.165, 1.54) is 34.6 Å². The molecule has 48 heavy (non-hydrogen) atoms. The van der Waals surface area contributed by atoms with Crippen molar-refractivity contribution in [3.05, 3.63) is 0 Å². The molecule has 284 valence electrons. The first-order valence-corrected chi connectivity index (χ1v) is 15.1. The van der Waals surface area contributed by atoms with Crippen LogP contribution in [0.15, 0.2) is 0 Å². The van der Waals surface area contributed by atoms with E-state index in [1.54, 1.807) is 6.92 Å². The van der Waals surface area contributed by atoms with E-state index in [4.69, 9.17) is 41.5 Å². The molecule has 0 aliphatic rings. The molecule has 0 aliphatic carbocycles. The van der Waals surface area contributed by atoms with Crippen LogP contribution in [-0.4, -0.2) is 141 Å². The number of halogens is 1. The molecule has 19 nitrogen and oxygen atoms in total. The molecule has 0 aliphatic heterocycles. The van der Waals surface area contributed by atoms with Crippen molar-refractivity contribution in [3.63, 3.8) is 0 Å². The maximum atomic E-state index is 10.9. The largest absolute Gasteiger partial charge is 0.510 e. The van der Waals surface area contributed by atoms with Crippen LogP contribution < -0.4 is 0 Å². The Bertz CT molecular complexity index is 827. The molecule has 0 rings (SSSR count). The number of aliphatic hydroxyl groups excluding tert-OH is 4. The summed E-state index contributed by atoms with van der Waals surface area (Å²) < 4.78 is 45.6. The second-order valence-electron chi connectivity index (χ2n) is 10.2. The van der Waals surface area contributed by atoms with Gasteiger partial charge in [-0.1, -0.05) is 13.8 Å². The van der Waals surface area contributed by atoms with Gasteiger partial charge in [-0.3, -0.25) is 4.79 Å². The molecule has 0 heterocycles. The molecule has 6 unspecified atom stereocenters. The van der Waals surface area contributed by atoms with Crippen LogP contribution in [0.25, 0.3) is 0 Å². The summed E-state index contributed by atoms with van der Waals surface area (Å²) in [5, 5.41) is 35.2. The van der Waals surface area contributed by atoms with Gasteiger partial charge in [0, 0.05) is 24.6 Å². The fourth-order valence-electron chi connectivity index (χ4n) is 1.91. The van der Waals surface area contributed by atoms with Crippen LogP contribution in [0, 0.1) is 11.8 Å². The monoisotopic (exact) mass is 726 g/mol. The first-order chi connectivity index (χ1) is 22.4. The fraction of sp³-hybridized carbons (Fsp3) is 0.821. The molecule has 0 fully saturated rings. The normalized spacial score (nSPS) is 13.8. The van der Waals surface area contributed by atoms with Crippen LogP contribution >= 0.6 is 11.6 Å². The molecule has 0 aromatic rings. The van der Waals surface area contributed by atoms with Crippen molar-refractivity contribution in [1.82, 2.24) is 0 Å². The van der Waals surface area contributed by atoms with E-state index in [9.17, 15) is 24.0 Å². The Hall–Kier alpha value is -3.36. The molecular formula is C28H51ClO19. The van der Waals surface area contributed by atoms with Crippen molar-refractivity contribution in [2.24, 2.45) is 11.8 Å². The quantitative estimate of drug-likeness (QED) is 0.0488. The number of hydrogen-bond donors (Lipinski definition) is 4. The smallest absolute Gasteiger partial charge is 0.465 e. The Labute approximate surface area is 284 Å². The third kappa shape index (κ3) is 42.6. The third-order valence-electron chi connectivity index (χ3n) is 4.10. The van der Waals surface area contributed by atoms with Crippen molar-refractivity contribution in [2.45, 2.75) is 72.9 Å². The molecule has 0 bridgehead atoms. The highest BCUT2D eigenvalue weighted by molar-refractivity contribution is 6.18. The summed E-state index contributed by atoms with van der Waals surface area (Å²) in [4.78, 5) is 53.8. The Kier molecular flexibility index (Phi) is 32.9. The molecule has 0 aromatic heterocycles. The lowest BCUT2D eigenvalue weighted by Gasteiger charge is -2.12. The lowest BCUT2D eigenvalue weighted by molar-refractivity contribution is -0.142. The third-order valence-corrected chi connectivity index (χ3v) is 4.62. The molecule has 0 aromatic carbocycles. The van der Waals surface area contributed by atoms with Gasteiger partial charge < -0.3 is 67.8 Å². The van der Waals surface area contributed by atoms with Gasteiger partial charge in [0.1, 0.15) is 33.0 Å². The molecular weight excluding hydrogens is 676 g/mol. The SMILES string of the molecule is CC(=O)OCC(C)COC(=O)OCC(C)O.CC(O)COC(=O)OCC(C)CCl.CC(O)COC(=O)OCOCOC(=O)OCC(C)O. The summed E-state index contributed by atoms with van der Waals surface area (Å²) in [6, 6.07) is 0. The van der Waals surface area contributed by atoms with Crippen molar-refractivity contribution in [1.29, 1.82) is 0 Å². The lowest BCUT2D eigenvalue weighted by atomic mass is 10.2. The van der Waals surface area contributed by atoms with E-state index < -0.39 is 62.6 Å². The predicted molar refractivity (Wildman–Crippen MR) is 163 cm³/mol. The zero-order valence-corrected chi connectivity index (χ0v) is 29.1. The first kappa shape index (κ1) is 49.0. The lowest BCUT2D eigenvalue weighted by Crippen LogP contribution is -2.20. The minimum absolute atomic E-state index is 0.0475. The van der Waals surface area contributed by atoms with Gasteiger partial charge in [0.2, 0.25) is 0 Å². The zero-order valence-electron chi connectivity index (χ0n) is 28.3. The highest BCUT2D eigenvalue weighted by Gasteiger charge is 2.11. The van der Waals surface area contributed by atoms with Gasteiger partial charge in [-0.05, 0) is 27.7 Å². The van der Waals surface area contributed by atoms with Crippen molar-refractivity contribution in [2.75, 3.05) is 65.7 Å². The topological polar surface area (TPSA) is 259 Å². The molecule has 0 radical (unpaired) electrons. The Morgan fingerprint density at radius 1 is 0.458 bits per heavy atom. The van der Waals surface area contributed by atoms with E-state index in [1.807, 2.05) is 6.92 Å². The minimum atomic E-state index is -1.02. The highest BCUT2D eigenvalue weighted by Crippen LogP contribution is 2.01. The Balaban J connectivity index is -0.000000645. The molecule has 6 atom stereocenters. The fourth-order valence-corrected chi connectivity index (χ4v) is 2.00. The summed E-state index contributed by atoms with van der Waals surface area (Å²) in [7, 11) is 0. The molecule has 4 N–H and O–H groups in total. The van der Waals surface area contributed by atoms with Gasteiger partial charge in [0.25, 0.3) is 0 Å². The number of hydrogen-bond acceptors (Lipinski definition) is 19. The average molecular weight is 727 g/mol. The van der Waals surface area contributed by atoms with Crippen LogP contribution in [0.4, 0.5) is 19.2 Å². The van der Waals surface area contributed by atoms with Gasteiger partial charge in [0.05, 0.1) is 37.6 Å². The van der Waals surface area contributed by atoms with Crippen LogP contribution in [0.1, 0.15) is 48.5 Å². The van der Waals surface area contributed by atoms with Crippen LogP contribution in [-0.2, 0) is 52.2 Å². The van der Waals surface area contributed by atoms with E-state index in [0.717, 1.165) is 0 Å². The van der Waals surface area contributed by atoms with E-state index >= 15 is 0 Å². The molecule has 0 saturated carbocycles. The van der Waals surface area contributed by atoms with E-state index in [2.05, 4.69) is 37.9 Å². The second kappa shape index (κ2) is 32.2. The standard InChI is InChI=1S/C10H18O9.C10H18O6.C8H15ClO4/c1-7(11)3-16-9(13)18-5-15-6-19-10(14)17-4-8(2)12;1-7(4-14-9(3)12)5-15-10(13)16-6-8(2)11;1-6(3-9)4-12-8(11)13-5-7(2)10/h7-8,11-12H,3-6H2,1-2H3;7-8,11H,4-6H2,1-3H3;6-7,10H,3-5H2,1-2H3. The Morgan fingerprint density at radius 3 is 1.02 bits per heavy atom. The van der Waals surface area contributed by atoms with Crippen LogP contribution in [0.5, 0.6) is 0 Å². The number of esters is 1. The number of aliphatic hydroxyl groups is 4. The number of carbonyl (C=O) groups excluding carboxylic acids is 5. The van der Waals surface area contributed by atoms with Crippen LogP contribution in [0.2, 0.25) is 0 Å². The van der Waals surface area contributed by atoms with E-state index in [-0.39, 0.29) is 64.1 Å². The maximum absolute atomic E-state index is 10.9. The number of rotatable bonds is 19. The molecule has 0 amide bonds. The number of alkyl halides is 1. The maximum Gasteiger partial charge on any atom is 0.510 e. The van der Waals surface area contributed by atoms with Gasteiger partial charge in [-0.2, -0.15) is 0 Å². The summed E-state index contributed by atoms with van der Waals surface area (Å²) in [6.07, 6.45) is -6.60. The van der Waals surface area contributed by atoms with Gasteiger partial charge in [-0.25, -0.2) is 19.2 Å². The summed E-state index contributed by atoms with van der Waals surface area (Å²) in [6.45, 7) is 9.87. The molecule has 0 spiro atoms. The zero-order chi connectivity index (χ0) is 37.5. The van der Waals surface area contributed by atoms with Gasteiger partial charge >= 0.3 is 30.6 Å². The summed E-state index contributed by atoms with van der Waals surface area (Å²) in [5.74, 6) is 0.0799. The predicted octanol–water partition coefficient (Wildman–Crippen LogP) is 2.10. The average Bonchev–Trinajstić information content (AvgIpc) is 3.01. The van der Waals surface area contributed by atoms with Gasteiger partial charge in [0.15, 0.2) is 13.6 Å². The molecule has 20 heteroatoms. The van der Waals surface area contributed by atoms with Crippen molar-refractivity contribution in [3.8, 4) is 0 Å². The Morgan fingerprint density at radius 2 is 0.729 bits per heavy atom. The van der Waals surface area contributed by atoms with Gasteiger partial charge in [-0.15, -0.1) is 11.6 Å². The van der Waals surface area contributed by atoms with Crippen molar-refractivity contribution < 1.29 is 91.8 Å². The van der Waals surface area contributed by atoms with Crippen molar-refractivity contribution >= 4 is 42.2 Å². The van der Waals surface area contributed by atoms with Crippen LogP contribution in [0.3, 0.4) is 0 Å². The summed E-state index contributed by atoms with van der Waals surface area (Å²) >= 11 is 5.49. The highest BCUT2D eigenvalue weighted by atomic mass is 35.5. The first-order valence-electron chi connectivity index (χ1n) is 14.6. The summed E-state index contributed by atoms with van der Waals surface area (Å²) in [5.41, 5.74) is 0. The molecule has 0 saturated heterocycles.